The maximum atomic E-state index is 5.46. The van der Waals surface area contributed by atoms with Crippen LogP contribution >= 0.6 is 22.6 Å². The summed E-state index contributed by atoms with van der Waals surface area (Å²) in [5.41, 5.74) is 1.40. The van der Waals surface area contributed by atoms with Crippen LogP contribution in [-0.4, -0.2) is 20.3 Å². The van der Waals surface area contributed by atoms with Gasteiger partial charge in [-0.05, 0) is 47.7 Å². The van der Waals surface area contributed by atoms with Crippen LogP contribution in [0.25, 0.3) is 0 Å². The van der Waals surface area contributed by atoms with Gasteiger partial charge in [-0.15, -0.1) is 0 Å². The Morgan fingerprint density at radius 1 is 1.47 bits per heavy atom. The molecule has 3 heteroatoms. The molecular weight excluding hydrogens is 301 g/mol. The van der Waals surface area contributed by atoms with E-state index in [-0.39, 0.29) is 0 Å². The maximum absolute atomic E-state index is 5.46. The Balaban J connectivity index is 2.22. The first kappa shape index (κ1) is 11.4. The van der Waals surface area contributed by atoms with Gasteiger partial charge in [0.1, 0.15) is 0 Å². The van der Waals surface area contributed by atoms with Crippen molar-refractivity contribution in [2.45, 2.75) is 12.5 Å². The number of hydrogen-bond acceptors (Lipinski definition) is 2. The molecule has 2 nitrogen and oxygen atoms in total. The third kappa shape index (κ3) is 2.52. The summed E-state index contributed by atoms with van der Waals surface area (Å²) in [4.78, 5) is 0. The highest BCUT2D eigenvalue weighted by Gasteiger charge is 2.26. The summed E-state index contributed by atoms with van der Waals surface area (Å²) in [6, 6.07) is 9.00. The Bertz CT molecular complexity index is 323. The average Bonchev–Trinajstić information content (AvgIpc) is 2.75. The van der Waals surface area contributed by atoms with Gasteiger partial charge in [0.15, 0.2) is 0 Å². The van der Waals surface area contributed by atoms with E-state index in [1.54, 1.807) is 0 Å². The van der Waals surface area contributed by atoms with Crippen LogP contribution < -0.4 is 5.32 Å². The van der Waals surface area contributed by atoms with E-state index in [9.17, 15) is 0 Å². The molecule has 0 amide bonds. The molecule has 82 valence electrons. The molecule has 0 aliphatic carbocycles. The summed E-state index contributed by atoms with van der Waals surface area (Å²) < 4.78 is 6.79. The zero-order valence-electron chi connectivity index (χ0n) is 8.87. The summed E-state index contributed by atoms with van der Waals surface area (Å²) in [6.07, 6.45) is 1.16. The van der Waals surface area contributed by atoms with E-state index < -0.39 is 0 Å². The van der Waals surface area contributed by atoms with Crippen LogP contribution in [-0.2, 0) is 4.74 Å². The lowest BCUT2D eigenvalue weighted by molar-refractivity contribution is 0.177. The largest absolute Gasteiger partial charge is 0.381 e. The van der Waals surface area contributed by atoms with Crippen molar-refractivity contribution in [1.29, 1.82) is 0 Å². The van der Waals surface area contributed by atoms with Gasteiger partial charge >= 0.3 is 0 Å². The molecule has 2 rings (SSSR count). The summed E-state index contributed by atoms with van der Waals surface area (Å²) in [5.74, 6) is 0.617. The number of hydrogen-bond donors (Lipinski definition) is 1. The number of benzene rings is 1. The van der Waals surface area contributed by atoms with Gasteiger partial charge in [-0.3, -0.25) is 0 Å². The predicted octanol–water partition coefficient (Wildman–Crippen LogP) is 2.59. The first-order valence-electron chi connectivity index (χ1n) is 5.32. The molecule has 2 unspecified atom stereocenters. The van der Waals surface area contributed by atoms with Gasteiger partial charge in [0.05, 0.1) is 6.61 Å². The molecule has 1 fully saturated rings. The van der Waals surface area contributed by atoms with E-state index >= 15 is 0 Å². The molecule has 1 aliphatic heterocycles. The monoisotopic (exact) mass is 317 g/mol. The Kier molecular flexibility index (Phi) is 3.99. The normalized spacial score (nSPS) is 22.9. The smallest absolute Gasteiger partial charge is 0.0513 e. The molecule has 0 spiro atoms. The molecule has 1 N–H and O–H groups in total. The van der Waals surface area contributed by atoms with Crippen LogP contribution in [0.4, 0.5) is 0 Å². The van der Waals surface area contributed by atoms with E-state index in [0.29, 0.717) is 12.0 Å². The van der Waals surface area contributed by atoms with Gasteiger partial charge in [0.25, 0.3) is 0 Å². The van der Waals surface area contributed by atoms with Gasteiger partial charge < -0.3 is 10.1 Å². The molecule has 1 aliphatic rings. The van der Waals surface area contributed by atoms with Crippen LogP contribution in [0.1, 0.15) is 18.0 Å². The van der Waals surface area contributed by atoms with E-state index in [1.807, 2.05) is 7.05 Å². The van der Waals surface area contributed by atoms with Crippen molar-refractivity contribution in [2.24, 2.45) is 5.92 Å². The fourth-order valence-electron chi connectivity index (χ4n) is 2.19. The number of rotatable bonds is 3. The van der Waals surface area contributed by atoms with Crippen molar-refractivity contribution in [3.63, 3.8) is 0 Å². The zero-order chi connectivity index (χ0) is 10.7. The van der Waals surface area contributed by atoms with Crippen molar-refractivity contribution in [2.75, 3.05) is 20.3 Å². The standard InChI is InChI=1S/C12H16INO/c1-14-12(9-6-7-15-8-9)10-4-2-3-5-11(10)13/h2-5,9,12,14H,6-8H2,1H3. The van der Waals surface area contributed by atoms with Gasteiger partial charge in [0, 0.05) is 22.1 Å². The molecule has 0 bridgehead atoms. The molecule has 0 saturated carbocycles. The Labute approximate surface area is 105 Å². The fourth-order valence-corrected chi connectivity index (χ4v) is 2.91. The fraction of sp³-hybridized carbons (Fsp3) is 0.500. The number of nitrogens with one attached hydrogen (secondary N) is 1. The predicted molar refractivity (Wildman–Crippen MR) is 69.9 cm³/mol. The van der Waals surface area contributed by atoms with Crippen molar-refractivity contribution in [3.8, 4) is 0 Å². The molecule has 0 radical (unpaired) electrons. The Hall–Kier alpha value is -0.130. The molecular formula is C12H16INO. The second-order valence-electron chi connectivity index (χ2n) is 3.91. The molecule has 2 atom stereocenters. The third-order valence-corrected chi connectivity index (χ3v) is 3.97. The van der Waals surface area contributed by atoms with Crippen LogP contribution in [0.3, 0.4) is 0 Å². The molecule has 1 aromatic carbocycles. The van der Waals surface area contributed by atoms with Crippen LogP contribution in [0.2, 0.25) is 0 Å². The summed E-state index contributed by atoms with van der Waals surface area (Å²) in [6.45, 7) is 1.79. The summed E-state index contributed by atoms with van der Waals surface area (Å²) in [7, 11) is 2.03. The second-order valence-corrected chi connectivity index (χ2v) is 5.07. The number of halogens is 1. The minimum absolute atomic E-state index is 0.431. The highest BCUT2D eigenvalue weighted by atomic mass is 127. The SMILES string of the molecule is CNC(c1ccccc1I)C1CCOC1. The first-order valence-corrected chi connectivity index (χ1v) is 6.40. The average molecular weight is 317 g/mol. The second kappa shape index (κ2) is 5.27. The van der Waals surface area contributed by atoms with Gasteiger partial charge in [0.2, 0.25) is 0 Å². The van der Waals surface area contributed by atoms with Crippen molar-refractivity contribution in [3.05, 3.63) is 33.4 Å². The number of ether oxygens (including phenoxy) is 1. The van der Waals surface area contributed by atoms with Gasteiger partial charge in [-0.1, -0.05) is 18.2 Å². The van der Waals surface area contributed by atoms with Crippen molar-refractivity contribution in [1.82, 2.24) is 5.32 Å². The molecule has 1 saturated heterocycles. The third-order valence-electron chi connectivity index (χ3n) is 2.99. The topological polar surface area (TPSA) is 21.3 Å². The molecule has 1 aromatic rings. The highest BCUT2D eigenvalue weighted by molar-refractivity contribution is 14.1. The zero-order valence-corrected chi connectivity index (χ0v) is 11.0. The van der Waals surface area contributed by atoms with E-state index in [4.69, 9.17) is 4.74 Å². The van der Waals surface area contributed by atoms with Gasteiger partial charge in [-0.25, -0.2) is 0 Å². The van der Waals surface area contributed by atoms with Gasteiger partial charge in [-0.2, -0.15) is 0 Å². The quantitative estimate of drug-likeness (QED) is 0.865. The Morgan fingerprint density at radius 3 is 2.87 bits per heavy atom. The summed E-state index contributed by atoms with van der Waals surface area (Å²) >= 11 is 2.40. The van der Waals surface area contributed by atoms with Crippen LogP contribution in [0, 0.1) is 9.49 Å². The lowest BCUT2D eigenvalue weighted by atomic mass is 9.92. The summed E-state index contributed by atoms with van der Waals surface area (Å²) in [5, 5.41) is 3.42. The van der Waals surface area contributed by atoms with Crippen LogP contribution in [0.15, 0.2) is 24.3 Å². The molecule has 1 heterocycles. The van der Waals surface area contributed by atoms with Crippen molar-refractivity contribution < 1.29 is 4.74 Å². The first-order chi connectivity index (χ1) is 7.33. The minimum atomic E-state index is 0.431. The van der Waals surface area contributed by atoms with E-state index in [0.717, 1.165) is 19.6 Å². The van der Waals surface area contributed by atoms with E-state index in [1.165, 1.54) is 9.13 Å². The lowest BCUT2D eigenvalue weighted by Crippen LogP contribution is -2.26. The van der Waals surface area contributed by atoms with Crippen molar-refractivity contribution >= 4 is 22.6 Å². The highest BCUT2D eigenvalue weighted by Crippen LogP contribution is 2.30. The minimum Gasteiger partial charge on any atom is -0.381 e. The molecule has 15 heavy (non-hydrogen) atoms. The van der Waals surface area contributed by atoms with E-state index in [2.05, 4.69) is 52.2 Å². The molecule has 0 aromatic heterocycles. The Morgan fingerprint density at radius 2 is 2.27 bits per heavy atom. The lowest BCUT2D eigenvalue weighted by Gasteiger charge is -2.23. The van der Waals surface area contributed by atoms with Crippen LogP contribution in [0.5, 0.6) is 0 Å². The maximum Gasteiger partial charge on any atom is 0.0513 e.